The summed E-state index contributed by atoms with van der Waals surface area (Å²) in [7, 11) is 0. The second kappa shape index (κ2) is 15.4. The van der Waals surface area contributed by atoms with E-state index in [9.17, 15) is 38.7 Å². The molecule has 2 aliphatic carbocycles. The van der Waals surface area contributed by atoms with Crippen LogP contribution < -0.4 is 0 Å². The molecule has 3 heterocycles. The number of ketones is 1. The Morgan fingerprint density at radius 1 is 0.814 bits per heavy atom. The Balaban J connectivity index is 1.76. The normalized spacial score (nSPS) is 36.1. The Kier molecular flexibility index (Phi) is 11.2. The van der Waals surface area contributed by atoms with E-state index in [1.807, 2.05) is 0 Å². The number of carbonyl (C=O) groups is 8. The SMILES string of the molecule is CC(=O)OC[C@]12[C@H](OC(=O)c3ccccc3)C(=O)[C@@H]3[C@@H](OC(C)=O)[C@@]14O[C@@]3(C)COC(=O)c1cccnc1[C@@H](C)[C@H](C)C(=O)O[C@@H]([C@H](OC(C)=O)[C@@H]2OC(C)=O)[C@]4(C)O. The average Bonchev–Trinajstić information content (AvgIpc) is 3.40. The average molecular weight is 824 g/mol. The molecule has 2 saturated carbocycles. The molecule has 6 rings (SSSR count). The summed E-state index contributed by atoms with van der Waals surface area (Å²) in [5, 5.41) is 13.4. The minimum absolute atomic E-state index is 0.0546. The molecule has 59 heavy (non-hydrogen) atoms. The van der Waals surface area contributed by atoms with Gasteiger partial charge in [-0.05, 0) is 38.1 Å². The summed E-state index contributed by atoms with van der Waals surface area (Å²) in [5.74, 6) is -12.2. The first-order valence-electron chi connectivity index (χ1n) is 18.8. The van der Waals surface area contributed by atoms with Crippen LogP contribution in [0.1, 0.15) is 87.7 Å². The number of aromatic nitrogens is 1. The van der Waals surface area contributed by atoms with Crippen molar-refractivity contribution in [3.63, 3.8) is 0 Å². The maximum absolute atomic E-state index is 15.5. The lowest BCUT2D eigenvalue weighted by Crippen LogP contribution is -2.88. The molecular weight excluding hydrogens is 778 g/mol. The van der Waals surface area contributed by atoms with Gasteiger partial charge in [0.1, 0.15) is 35.9 Å². The molecule has 4 aliphatic rings. The van der Waals surface area contributed by atoms with E-state index in [2.05, 4.69) is 4.98 Å². The maximum Gasteiger partial charge on any atom is 0.340 e. The zero-order chi connectivity index (χ0) is 43.4. The van der Waals surface area contributed by atoms with E-state index in [4.69, 9.17) is 37.9 Å². The number of carbonyl (C=O) groups excluding carboxylic acids is 8. The van der Waals surface area contributed by atoms with Crippen LogP contribution in [0.15, 0.2) is 48.7 Å². The highest BCUT2D eigenvalue weighted by atomic mass is 16.7. The third-order valence-corrected chi connectivity index (χ3v) is 11.9. The number of esters is 7. The molecule has 1 saturated heterocycles. The van der Waals surface area contributed by atoms with Crippen molar-refractivity contribution in [3.8, 4) is 0 Å². The van der Waals surface area contributed by atoms with Gasteiger partial charge in [0.2, 0.25) is 0 Å². The third-order valence-electron chi connectivity index (χ3n) is 11.9. The zero-order valence-corrected chi connectivity index (χ0v) is 33.6. The fourth-order valence-electron chi connectivity index (χ4n) is 9.28. The van der Waals surface area contributed by atoms with Gasteiger partial charge >= 0.3 is 41.8 Å². The van der Waals surface area contributed by atoms with Crippen molar-refractivity contribution in [3.05, 3.63) is 65.5 Å². The van der Waals surface area contributed by atoms with Crippen molar-refractivity contribution < 1.29 is 81.4 Å². The van der Waals surface area contributed by atoms with Gasteiger partial charge < -0.3 is 43.0 Å². The highest BCUT2D eigenvalue weighted by Crippen LogP contribution is 2.69. The zero-order valence-electron chi connectivity index (χ0n) is 33.6. The van der Waals surface area contributed by atoms with Crippen LogP contribution in [-0.4, -0.2) is 118 Å². The monoisotopic (exact) mass is 823 g/mol. The molecule has 0 unspecified atom stereocenters. The molecule has 18 nitrogen and oxygen atoms in total. The summed E-state index contributed by atoms with van der Waals surface area (Å²) in [6, 6.07) is 10.2. The number of ether oxygens (including phenoxy) is 8. The van der Waals surface area contributed by atoms with Gasteiger partial charge in [-0.25, -0.2) is 9.59 Å². The van der Waals surface area contributed by atoms with Crippen molar-refractivity contribution in [2.45, 2.75) is 109 Å². The van der Waals surface area contributed by atoms with E-state index < -0.39 is 131 Å². The third kappa shape index (κ3) is 6.80. The van der Waals surface area contributed by atoms with Crippen LogP contribution in [-0.2, 0) is 66.7 Å². The number of nitrogens with zero attached hydrogens (tertiary/aromatic N) is 1. The van der Waals surface area contributed by atoms with Gasteiger partial charge in [0.15, 0.2) is 35.8 Å². The van der Waals surface area contributed by atoms with Gasteiger partial charge in [0.05, 0.1) is 28.7 Å². The molecule has 1 aromatic carbocycles. The number of fused-ring (bicyclic) bond motifs is 5. The minimum Gasteiger partial charge on any atom is -0.465 e. The number of aliphatic hydroxyl groups is 1. The molecule has 4 bridgehead atoms. The number of hydrogen-bond donors (Lipinski definition) is 1. The topological polar surface area (TPSA) is 244 Å². The summed E-state index contributed by atoms with van der Waals surface area (Å²) in [4.78, 5) is 115. The Morgan fingerprint density at radius 3 is 2.05 bits per heavy atom. The van der Waals surface area contributed by atoms with Gasteiger partial charge in [-0.1, -0.05) is 32.0 Å². The Labute approximate surface area is 338 Å². The van der Waals surface area contributed by atoms with Crippen molar-refractivity contribution in [2.75, 3.05) is 13.2 Å². The van der Waals surface area contributed by atoms with Crippen LogP contribution >= 0.6 is 0 Å². The Hall–Kier alpha value is -5.75. The van der Waals surface area contributed by atoms with Gasteiger partial charge in [0.25, 0.3) is 0 Å². The predicted molar refractivity (Wildman–Crippen MR) is 195 cm³/mol. The second-order valence-corrected chi connectivity index (χ2v) is 15.7. The van der Waals surface area contributed by atoms with Crippen LogP contribution in [0.3, 0.4) is 0 Å². The van der Waals surface area contributed by atoms with Crippen LogP contribution in [0.25, 0.3) is 0 Å². The summed E-state index contributed by atoms with van der Waals surface area (Å²) in [6.07, 6.45) is -9.24. The second-order valence-electron chi connectivity index (χ2n) is 15.7. The lowest BCUT2D eigenvalue weighted by Gasteiger charge is -2.66. The molecule has 1 spiro atoms. The largest absolute Gasteiger partial charge is 0.465 e. The molecule has 316 valence electrons. The minimum atomic E-state index is -2.86. The fraction of sp³-hybridized carbons (Fsp3) is 0.537. The van der Waals surface area contributed by atoms with Crippen molar-refractivity contribution in [2.24, 2.45) is 17.3 Å². The van der Waals surface area contributed by atoms with Crippen molar-refractivity contribution in [1.82, 2.24) is 4.98 Å². The lowest BCUT2D eigenvalue weighted by molar-refractivity contribution is -0.376. The first-order valence-corrected chi connectivity index (χ1v) is 18.8. The fourth-order valence-corrected chi connectivity index (χ4v) is 9.28. The summed E-state index contributed by atoms with van der Waals surface area (Å²) in [6.45, 7) is 7.41. The smallest absolute Gasteiger partial charge is 0.340 e. The number of rotatable bonds is 7. The van der Waals surface area contributed by atoms with Gasteiger partial charge in [-0.15, -0.1) is 0 Å². The number of Topliss-reactive ketones (excluding diaryl/α,β-unsaturated/α-hetero) is 1. The van der Waals surface area contributed by atoms with Crippen LogP contribution in [0.4, 0.5) is 0 Å². The van der Waals surface area contributed by atoms with Crippen molar-refractivity contribution >= 4 is 47.6 Å². The van der Waals surface area contributed by atoms with E-state index in [1.54, 1.807) is 13.0 Å². The van der Waals surface area contributed by atoms with E-state index in [-0.39, 0.29) is 16.8 Å². The summed E-state index contributed by atoms with van der Waals surface area (Å²) < 4.78 is 48.3. The lowest BCUT2D eigenvalue weighted by atomic mass is 9.45. The highest BCUT2D eigenvalue weighted by molar-refractivity contribution is 5.97. The number of cyclic esters (lactones) is 1. The van der Waals surface area contributed by atoms with Gasteiger partial charge in [-0.3, -0.25) is 33.8 Å². The van der Waals surface area contributed by atoms with Gasteiger partial charge in [-0.2, -0.15) is 0 Å². The molecule has 2 aromatic rings. The molecule has 2 aliphatic heterocycles. The van der Waals surface area contributed by atoms with Crippen molar-refractivity contribution in [1.29, 1.82) is 0 Å². The van der Waals surface area contributed by atoms with Gasteiger partial charge in [0, 0.05) is 39.8 Å². The van der Waals surface area contributed by atoms with Crippen LogP contribution in [0.5, 0.6) is 0 Å². The first kappa shape index (κ1) is 42.8. The standard InChI is InChI=1S/C41H45NO17/c1-19-20(2)35(48)58-33-30(54-22(4)44)34(56-24(6)46)40(18-52-21(3)43)32(57-36(49)25-13-10-9-11-14-25)29(47)27-31(55-23(5)45)41(40,39(33,8)51)59-38(27,7)17-53-37(50)26-15-12-16-42-28(19)26/h9-16,19-20,27,30-34,51H,17-18H2,1-8H3/t19-,20-,27+,30-,31+,32+,33-,34-,38-,39-,40+,41-/m0/s1. The predicted octanol–water partition coefficient (Wildman–Crippen LogP) is 1.96. The Morgan fingerprint density at radius 2 is 1.44 bits per heavy atom. The number of benzene rings is 1. The van der Waals surface area contributed by atoms with E-state index >= 15 is 4.79 Å². The molecule has 1 N–H and O–H groups in total. The molecular formula is C41H45NO17. The highest BCUT2D eigenvalue weighted by Gasteiger charge is 2.91. The maximum atomic E-state index is 15.5. The van der Waals surface area contributed by atoms with E-state index in [0.717, 1.165) is 34.6 Å². The van der Waals surface area contributed by atoms with Crippen LogP contribution in [0.2, 0.25) is 0 Å². The Bertz CT molecular complexity index is 2090. The van der Waals surface area contributed by atoms with E-state index in [0.29, 0.717) is 0 Å². The molecule has 0 radical (unpaired) electrons. The summed E-state index contributed by atoms with van der Waals surface area (Å²) >= 11 is 0. The number of pyridine rings is 1. The quantitative estimate of drug-likeness (QED) is 0.310. The molecule has 18 heteroatoms. The molecule has 12 atom stereocenters. The summed E-state index contributed by atoms with van der Waals surface area (Å²) in [5.41, 5.74) is -10.5. The van der Waals surface area contributed by atoms with Crippen LogP contribution in [0, 0.1) is 17.3 Å². The molecule has 3 fully saturated rings. The first-order chi connectivity index (χ1) is 27.6. The molecule has 1 aromatic heterocycles. The molecule has 0 amide bonds. The number of hydrogen-bond acceptors (Lipinski definition) is 18. The van der Waals surface area contributed by atoms with E-state index in [1.165, 1.54) is 56.4 Å².